The Hall–Kier alpha value is -1.34. The highest BCUT2D eigenvalue weighted by atomic mass is 32.1. The van der Waals surface area contributed by atoms with E-state index in [1.807, 2.05) is 0 Å². The standard InChI is InChI=1S/C20H28N2OS/c21-14-17-16-10-6-1-2-7-11-18(16)24-20(17)22-19(23)13-12-15-8-4-3-5-9-15/h15H,1-13H2,(H,22,23). The van der Waals surface area contributed by atoms with Gasteiger partial charge in [-0.3, -0.25) is 4.79 Å². The van der Waals surface area contributed by atoms with Gasteiger partial charge in [0.1, 0.15) is 11.1 Å². The minimum absolute atomic E-state index is 0.0892. The molecule has 3 nitrogen and oxygen atoms in total. The fraction of sp³-hybridized carbons (Fsp3) is 0.700. The number of hydrogen-bond donors (Lipinski definition) is 1. The molecule has 3 rings (SSSR count). The molecule has 1 N–H and O–H groups in total. The van der Waals surface area contributed by atoms with E-state index < -0.39 is 0 Å². The molecule has 0 atom stereocenters. The number of anilines is 1. The highest BCUT2D eigenvalue weighted by Gasteiger charge is 2.21. The van der Waals surface area contributed by atoms with Crippen molar-refractivity contribution in [1.82, 2.24) is 0 Å². The van der Waals surface area contributed by atoms with Gasteiger partial charge < -0.3 is 5.32 Å². The predicted molar refractivity (Wildman–Crippen MR) is 99.3 cm³/mol. The third-order valence-corrected chi connectivity index (χ3v) is 6.75. The lowest BCUT2D eigenvalue weighted by molar-refractivity contribution is -0.116. The summed E-state index contributed by atoms with van der Waals surface area (Å²) in [6, 6.07) is 2.36. The number of nitriles is 1. The molecule has 2 aliphatic carbocycles. The minimum atomic E-state index is 0.0892. The second-order valence-corrected chi connectivity index (χ2v) is 8.43. The first-order valence-corrected chi connectivity index (χ1v) is 10.4. The van der Waals surface area contributed by atoms with Gasteiger partial charge in [-0.1, -0.05) is 44.9 Å². The van der Waals surface area contributed by atoms with Crippen LogP contribution in [0.1, 0.15) is 86.6 Å². The SMILES string of the molecule is N#Cc1c(NC(=O)CCC2CCCCC2)sc2c1CCCCCC2. The molecule has 0 unspecified atom stereocenters. The van der Waals surface area contributed by atoms with Crippen LogP contribution in [0.2, 0.25) is 0 Å². The molecule has 1 heterocycles. The van der Waals surface area contributed by atoms with E-state index in [2.05, 4.69) is 11.4 Å². The van der Waals surface area contributed by atoms with Crippen molar-refractivity contribution >= 4 is 22.2 Å². The van der Waals surface area contributed by atoms with Crippen LogP contribution in [0.25, 0.3) is 0 Å². The summed E-state index contributed by atoms with van der Waals surface area (Å²) in [5, 5.41) is 13.4. The molecule has 0 radical (unpaired) electrons. The van der Waals surface area contributed by atoms with E-state index in [4.69, 9.17) is 0 Å². The van der Waals surface area contributed by atoms with Crippen molar-refractivity contribution in [2.45, 2.75) is 83.5 Å². The van der Waals surface area contributed by atoms with Crippen LogP contribution in [-0.4, -0.2) is 5.91 Å². The van der Waals surface area contributed by atoms with Gasteiger partial charge in [-0.15, -0.1) is 11.3 Å². The van der Waals surface area contributed by atoms with Crippen molar-refractivity contribution in [3.05, 3.63) is 16.0 Å². The van der Waals surface area contributed by atoms with Crippen LogP contribution < -0.4 is 5.32 Å². The molecule has 1 saturated carbocycles. The number of thiophene rings is 1. The summed E-state index contributed by atoms with van der Waals surface area (Å²) in [5.41, 5.74) is 1.95. The molecular formula is C20H28N2OS. The van der Waals surface area contributed by atoms with E-state index in [1.165, 1.54) is 61.8 Å². The fourth-order valence-electron chi connectivity index (χ4n) is 4.13. The lowest BCUT2D eigenvalue weighted by Crippen LogP contribution is -2.14. The Morgan fingerprint density at radius 1 is 1.08 bits per heavy atom. The van der Waals surface area contributed by atoms with Crippen molar-refractivity contribution in [2.24, 2.45) is 5.92 Å². The first-order valence-electron chi connectivity index (χ1n) is 9.62. The van der Waals surface area contributed by atoms with E-state index in [0.29, 0.717) is 6.42 Å². The number of nitrogens with one attached hydrogen (secondary N) is 1. The van der Waals surface area contributed by atoms with Crippen LogP contribution in [0.15, 0.2) is 0 Å². The number of carbonyl (C=O) groups is 1. The molecule has 1 fully saturated rings. The van der Waals surface area contributed by atoms with E-state index >= 15 is 0 Å². The largest absolute Gasteiger partial charge is 0.317 e. The molecule has 0 bridgehead atoms. The van der Waals surface area contributed by atoms with E-state index in [1.54, 1.807) is 11.3 Å². The van der Waals surface area contributed by atoms with Crippen molar-refractivity contribution in [3.8, 4) is 6.07 Å². The molecule has 4 heteroatoms. The van der Waals surface area contributed by atoms with Crippen LogP contribution in [0, 0.1) is 17.2 Å². The third kappa shape index (κ3) is 4.39. The molecule has 1 aromatic rings. The van der Waals surface area contributed by atoms with Crippen molar-refractivity contribution < 1.29 is 4.79 Å². The molecule has 130 valence electrons. The van der Waals surface area contributed by atoms with Crippen LogP contribution in [0.4, 0.5) is 5.00 Å². The summed E-state index contributed by atoms with van der Waals surface area (Å²) in [5.74, 6) is 0.815. The van der Waals surface area contributed by atoms with Crippen LogP contribution in [0.5, 0.6) is 0 Å². The smallest absolute Gasteiger partial charge is 0.225 e. The summed E-state index contributed by atoms with van der Waals surface area (Å²) in [6.07, 6.45) is 15.1. The van der Waals surface area contributed by atoms with E-state index in [0.717, 1.165) is 42.2 Å². The quantitative estimate of drug-likeness (QED) is 0.775. The Labute approximate surface area is 149 Å². The molecule has 1 aromatic heterocycles. The van der Waals surface area contributed by atoms with Gasteiger partial charge in [0.05, 0.1) is 5.56 Å². The maximum Gasteiger partial charge on any atom is 0.225 e. The Morgan fingerprint density at radius 3 is 2.54 bits per heavy atom. The molecule has 0 saturated heterocycles. The second-order valence-electron chi connectivity index (χ2n) is 7.32. The van der Waals surface area contributed by atoms with Crippen LogP contribution >= 0.6 is 11.3 Å². The minimum Gasteiger partial charge on any atom is -0.317 e. The van der Waals surface area contributed by atoms with Gasteiger partial charge in [0, 0.05) is 11.3 Å². The average Bonchev–Trinajstić information content (AvgIpc) is 2.89. The maximum absolute atomic E-state index is 12.4. The Kier molecular flexibility index (Phi) is 6.31. The summed E-state index contributed by atoms with van der Waals surface area (Å²) in [4.78, 5) is 13.7. The second kappa shape index (κ2) is 8.67. The molecule has 0 aromatic carbocycles. The van der Waals surface area contributed by atoms with Gasteiger partial charge in [-0.25, -0.2) is 0 Å². The van der Waals surface area contributed by atoms with Gasteiger partial charge in [0.2, 0.25) is 5.91 Å². The Balaban J connectivity index is 1.62. The molecule has 24 heavy (non-hydrogen) atoms. The lowest BCUT2D eigenvalue weighted by Gasteiger charge is -2.20. The fourth-order valence-corrected chi connectivity index (χ4v) is 5.38. The van der Waals surface area contributed by atoms with E-state index in [-0.39, 0.29) is 5.91 Å². The zero-order chi connectivity index (χ0) is 16.8. The highest BCUT2D eigenvalue weighted by Crippen LogP contribution is 2.36. The van der Waals surface area contributed by atoms with Crippen molar-refractivity contribution in [3.63, 3.8) is 0 Å². The Bertz CT molecular complexity index is 608. The number of amides is 1. The Morgan fingerprint density at radius 2 is 1.79 bits per heavy atom. The normalized spacial score (nSPS) is 19.0. The average molecular weight is 345 g/mol. The highest BCUT2D eigenvalue weighted by molar-refractivity contribution is 7.16. The van der Waals surface area contributed by atoms with E-state index in [9.17, 15) is 10.1 Å². The maximum atomic E-state index is 12.4. The zero-order valence-electron chi connectivity index (χ0n) is 14.5. The monoisotopic (exact) mass is 344 g/mol. The van der Waals surface area contributed by atoms with Crippen LogP contribution in [-0.2, 0) is 17.6 Å². The first kappa shape index (κ1) is 17.5. The third-order valence-electron chi connectivity index (χ3n) is 5.54. The number of aryl methyl sites for hydroxylation is 1. The molecule has 0 spiro atoms. The predicted octanol–water partition coefficient (Wildman–Crippen LogP) is 5.58. The summed E-state index contributed by atoms with van der Waals surface area (Å²) in [7, 11) is 0. The molecule has 2 aliphatic rings. The van der Waals surface area contributed by atoms with Gasteiger partial charge in [0.25, 0.3) is 0 Å². The molecular weight excluding hydrogens is 316 g/mol. The first-order chi connectivity index (χ1) is 11.8. The number of hydrogen-bond acceptors (Lipinski definition) is 3. The number of nitrogens with zero attached hydrogens (tertiary/aromatic N) is 1. The van der Waals surface area contributed by atoms with Crippen molar-refractivity contribution in [2.75, 3.05) is 5.32 Å². The molecule has 0 aliphatic heterocycles. The topological polar surface area (TPSA) is 52.9 Å². The van der Waals surface area contributed by atoms with Crippen molar-refractivity contribution in [1.29, 1.82) is 5.26 Å². The number of carbonyl (C=O) groups excluding carboxylic acids is 1. The zero-order valence-corrected chi connectivity index (χ0v) is 15.3. The summed E-state index contributed by atoms with van der Waals surface area (Å²) >= 11 is 1.64. The number of fused-ring (bicyclic) bond motifs is 1. The molecule has 1 amide bonds. The van der Waals surface area contributed by atoms with Gasteiger partial charge in [-0.05, 0) is 43.6 Å². The summed E-state index contributed by atoms with van der Waals surface area (Å²) < 4.78 is 0. The van der Waals surface area contributed by atoms with Gasteiger partial charge in [-0.2, -0.15) is 5.26 Å². The lowest BCUT2D eigenvalue weighted by atomic mass is 9.86. The number of rotatable bonds is 4. The summed E-state index contributed by atoms with van der Waals surface area (Å²) in [6.45, 7) is 0. The van der Waals surface area contributed by atoms with Crippen LogP contribution in [0.3, 0.4) is 0 Å². The van der Waals surface area contributed by atoms with Gasteiger partial charge >= 0.3 is 0 Å². The van der Waals surface area contributed by atoms with Gasteiger partial charge in [0.15, 0.2) is 0 Å².